The van der Waals surface area contributed by atoms with E-state index in [1.807, 2.05) is 31.2 Å². The van der Waals surface area contributed by atoms with Gasteiger partial charge in [-0.25, -0.2) is 15.0 Å². The Kier molecular flexibility index (Phi) is 2.10. The monoisotopic (exact) mass is 186 g/mol. The van der Waals surface area contributed by atoms with Crippen LogP contribution in [0.2, 0.25) is 0 Å². The van der Waals surface area contributed by atoms with Crippen LogP contribution in [0.4, 0.5) is 5.95 Å². The minimum atomic E-state index is 0.406. The molecule has 0 aliphatic carbocycles. The van der Waals surface area contributed by atoms with Gasteiger partial charge >= 0.3 is 0 Å². The standard InChI is InChI=1S/C10H10N4/c1-7-8-4-2-3-5-9(8)14-10(13-7)12-6-11/h2-6H,1H3,(H2,11,12,13,14). The van der Waals surface area contributed by atoms with Crippen molar-refractivity contribution < 1.29 is 0 Å². The van der Waals surface area contributed by atoms with Crippen LogP contribution in [0.5, 0.6) is 0 Å². The molecule has 0 unspecified atom stereocenters. The fourth-order valence-corrected chi connectivity index (χ4v) is 1.34. The first kappa shape index (κ1) is 8.62. The second-order valence-corrected chi connectivity index (χ2v) is 2.90. The normalized spacial score (nSPS) is 11.2. The molecule has 1 aromatic heterocycles. The summed E-state index contributed by atoms with van der Waals surface area (Å²) in [4.78, 5) is 12.3. The highest BCUT2D eigenvalue weighted by Crippen LogP contribution is 2.17. The van der Waals surface area contributed by atoms with Gasteiger partial charge in [-0.2, -0.15) is 0 Å². The molecule has 0 aliphatic rings. The van der Waals surface area contributed by atoms with Crippen LogP contribution in [0.1, 0.15) is 5.69 Å². The molecule has 0 aliphatic heterocycles. The maximum absolute atomic E-state index is 5.18. The van der Waals surface area contributed by atoms with Crippen molar-refractivity contribution in [2.24, 2.45) is 10.7 Å². The molecule has 14 heavy (non-hydrogen) atoms. The van der Waals surface area contributed by atoms with Gasteiger partial charge in [0.25, 0.3) is 5.95 Å². The summed E-state index contributed by atoms with van der Waals surface area (Å²) in [5, 5.41) is 1.04. The Balaban J connectivity index is 2.72. The van der Waals surface area contributed by atoms with Gasteiger partial charge in [0.2, 0.25) is 0 Å². The van der Waals surface area contributed by atoms with Crippen LogP contribution in [-0.2, 0) is 0 Å². The smallest absolute Gasteiger partial charge is 0.251 e. The van der Waals surface area contributed by atoms with Gasteiger partial charge in [-0.15, -0.1) is 0 Å². The van der Waals surface area contributed by atoms with E-state index in [2.05, 4.69) is 15.0 Å². The third-order valence-corrected chi connectivity index (χ3v) is 1.97. The SMILES string of the molecule is Cc1nc(/N=C\N)nc2ccccc12. The third-order valence-electron chi connectivity index (χ3n) is 1.97. The summed E-state index contributed by atoms with van der Waals surface area (Å²) in [6, 6.07) is 7.81. The highest BCUT2D eigenvalue weighted by atomic mass is 15.1. The lowest BCUT2D eigenvalue weighted by molar-refractivity contribution is 1.13. The van der Waals surface area contributed by atoms with E-state index in [4.69, 9.17) is 5.73 Å². The average Bonchev–Trinajstić information content (AvgIpc) is 2.18. The number of aliphatic imine (C=N–C) groups is 1. The number of rotatable bonds is 1. The molecule has 0 bridgehead atoms. The molecule has 0 spiro atoms. The molecule has 4 heteroatoms. The Morgan fingerprint density at radius 2 is 2.07 bits per heavy atom. The maximum atomic E-state index is 5.18. The first-order valence-corrected chi connectivity index (χ1v) is 4.29. The molecule has 0 saturated heterocycles. The van der Waals surface area contributed by atoms with Crippen LogP contribution in [0.15, 0.2) is 29.3 Å². The summed E-state index contributed by atoms with van der Waals surface area (Å²) in [6.45, 7) is 1.93. The van der Waals surface area contributed by atoms with Crippen molar-refractivity contribution in [3.8, 4) is 0 Å². The summed E-state index contributed by atoms with van der Waals surface area (Å²) in [6.07, 6.45) is 1.20. The zero-order chi connectivity index (χ0) is 9.97. The van der Waals surface area contributed by atoms with Crippen molar-refractivity contribution in [1.82, 2.24) is 9.97 Å². The topological polar surface area (TPSA) is 64.2 Å². The predicted octanol–water partition coefficient (Wildman–Crippen LogP) is 1.56. The molecule has 4 nitrogen and oxygen atoms in total. The van der Waals surface area contributed by atoms with E-state index in [1.165, 1.54) is 6.34 Å². The fraction of sp³-hybridized carbons (Fsp3) is 0.100. The molecule has 0 saturated carbocycles. The van der Waals surface area contributed by atoms with Crippen molar-refractivity contribution in [1.29, 1.82) is 0 Å². The molecule has 2 N–H and O–H groups in total. The van der Waals surface area contributed by atoms with Gasteiger partial charge in [-0.1, -0.05) is 18.2 Å². The second kappa shape index (κ2) is 3.41. The van der Waals surface area contributed by atoms with Crippen LogP contribution >= 0.6 is 0 Å². The molecule has 70 valence electrons. The Morgan fingerprint density at radius 1 is 1.29 bits per heavy atom. The summed E-state index contributed by atoms with van der Waals surface area (Å²) in [5.74, 6) is 0.406. The number of hydrogen-bond acceptors (Lipinski definition) is 3. The van der Waals surface area contributed by atoms with E-state index >= 15 is 0 Å². The van der Waals surface area contributed by atoms with Crippen LogP contribution in [0.3, 0.4) is 0 Å². The van der Waals surface area contributed by atoms with Crippen LogP contribution in [0, 0.1) is 6.92 Å². The quantitative estimate of drug-likeness (QED) is 0.543. The number of fused-ring (bicyclic) bond motifs is 1. The molecule has 1 heterocycles. The van der Waals surface area contributed by atoms with Gasteiger partial charge < -0.3 is 5.73 Å². The van der Waals surface area contributed by atoms with Gasteiger partial charge in [0.05, 0.1) is 17.5 Å². The van der Waals surface area contributed by atoms with Gasteiger partial charge in [-0.3, -0.25) is 0 Å². The molecule has 0 radical (unpaired) electrons. The van der Waals surface area contributed by atoms with Gasteiger partial charge in [0.15, 0.2) is 0 Å². The van der Waals surface area contributed by atoms with E-state index in [0.29, 0.717) is 5.95 Å². The number of aromatic nitrogens is 2. The minimum absolute atomic E-state index is 0.406. The lowest BCUT2D eigenvalue weighted by atomic mass is 10.2. The van der Waals surface area contributed by atoms with E-state index < -0.39 is 0 Å². The number of aryl methyl sites for hydroxylation is 1. The molecule has 0 amide bonds. The number of hydrogen-bond donors (Lipinski definition) is 1. The summed E-state index contributed by atoms with van der Waals surface area (Å²) < 4.78 is 0. The number of nitrogens with zero attached hydrogens (tertiary/aromatic N) is 3. The Bertz CT molecular complexity index is 490. The lowest BCUT2D eigenvalue weighted by Gasteiger charge is -2.00. The summed E-state index contributed by atoms with van der Waals surface area (Å²) in [7, 11) is 0. The first-order chi connectivity index (χ1) is 6.81. The average molecular weight is 186 g/mol. The van der Waals surface area contributed by atoms with Crippen LogP contribution in [-0.4, -0.2) is 16.3 Å². The molecule has 2 aromatic rings. The zero-order valence-corrected chi connectivity index (χ0v) is 7.81. The van der Waals surface area contributed by atoms with E-state index in [1.54, 1.807) is 0 Å². The molecule has 1 aromatic carbocycles. The van der Waals surface area contributed by atoms with Crippen LogP contribution < -0.4 is 5.73 Å². The van der Waals surface area contributed by atoms with Crippen LogP contribution in [0.25, 0.3) is 10.9 Å². The molecular weight excluding hydrogens is 176 g/mol. The van der Waals surface area contributed by atoms with Crippen molar-refractivity contribution in [3.63, 3.8) is 0 Å². The predicted molar refractivity (Wildman–Crippen MR) is 56.6 cm³/mol. The number of para-hydroxylation sites is 1. The summed E-state index contributed by atoms with van der Waals surface area (Å²) >= 11 is 0. The van der Waals surface area contributed by atoms with Crippen molar-refractivity contribution in [2.75, 3.05) is 0 Å². The van der Waals surface area contributed by atoms with Crippen molar-refractivity contribution >= 4 is 23.2 Å². The van der Waals surface area contributed by atoms with Gasteiger partial charge in [0, 0.05) is 5.39 Å². The second-order valence-electron chi connectivity index (χ2n) is 2.90. The molecule has 0 atom stereocenters. The minimum Gasteiger partial charge on any atom is -0.390 e. The fourth-order valence-electron chi connectivity index (χ4n) is 1.34. The van der Waals surface area contributed by atoms with Crippen molar-refractivity contribution in [3.05, 3.63) is 30.0 Å². The maximum Gasteiger partial charge on any atom is 0.251 e. The largest absolute Gasteiger partial charge is 0.390 e. The van der Waals surface area contributed by atoms with Gasteiger partial charge in [0.1, 0.15) is 0 Å². The first-order valence-electron chi connectivity index (χ1n) is 4.29. The highest BCUT2D eigenvalue weighted by Gasteiger charge is 2.01. The summed E-state index contributed by atoms with van der Waals surface area (Å²) in [5.41, 5.74) is 6.99. The third kappa shape index (κ3) is 1.42. The van der Waals surface area contributed by atoms with Crippen molar-refractivity contribution in [2.45, 2.75) is 6.92 Å². The lowest BCUT2D eigenvalue weighted by Crippen LogP contribution is -1.92. The van der Waals surface area contributed by atoms with Gasteiger partial charge in [-0.05, 0) is 13.0 Å². The Labute approximate surface area is 81.5 Å². The Morgan fingerprint density at radius 3 is 2.86 bits per heavy atom. The van der Waals surface area contributed by atoms with E-state index in [-0.39, 0.29) is 0 Å². The highest BCUT2D eigenvalue weighted by molar-refractivity contribution is 5.81. The molecular formula is C10H10N4. The van der Waals surface area contributed by atoms with E-state index in [9.17, 15) is 0 Å². The van der Waals surface area contributed by atoms with E-state index in [0.717, 1.165) is 16.6 Å². The Hall–Kier alpha value is -1.97. The number of benzene rings is 1. The molecule has 2 rings (SSSR count). The number of nitrogens with two attached hydrogens (primary N) is 1. The molecule has 0 fully saturated rings. The zero-order valence-electron chi connectivity index (χ0n) is 7.81.